The second-order valence-corrected chi connectivity index (χ2v) is 7.55. The lowest BCUT2D eigenvalue weighted by molar-refractivity contribution is 0.0474. The van der Waals surface area contributed by atoms with Crippen molar-refractivity contribution in [3.63, 3.8) is 0 Å². The standard InChI is InChI=1S/C18H18ClNO6S/c1-3-20-27(23,24)14-7-4-12(5-8-14)18(22)26-11-16(21)13-6-9-17(25-2)15(19)10-13/h4-10,20H,3,11H2,1-2H3. The zero-order chi connectivity index (χ0) is 20.0. The molecule has 2 rings (SSSR count). The monoisotopic (exact) mass is 411 g/mol. The highest BCUT2D eigenvalue weighted by Gasteiger charge is 2.16. The average molecular weight is 412 g/mol. The maximum Gasteiger partial charge on any atom is 0.338 e. The topological polar surface area (TPSA) is 98.8 Å². The van der Waals surface area contributed by atoms with Crippen LogP contribution in [0.2, 0.25) is 5.02 Å². The Kier molecular flexibility index (Phi) is 6.95. The molecule has 0 fully saturated rings. The summed E-state index contributed by atoms with van der Waals surface area (Å²) in [5.41, 5.74) is 0.409. The maximum atomic E-state index is 12.1. The molecule has 0 saturated heterocycles. The first-order chi connectivity index (χ1) is 12.8. The highest BCUT2D eigenvalue weighted by molar-refractivity contribution is 7.89. The number of benzene rings is 2. The molecule has 0 radical (unpaired) electrons. The van der Waals surface area contributed by atoms with E-state index in [9.17, 15) is 18.0 Å². The van der Waals surface area contributed by atoms with Crippen LogP contribution in [0.15, 0.2) is 47.4 Å². The highest BCUT2D eigenvalue weighted by Crippen LogP contribution is 2.25. The summed E-state index contributed by atoms with van der Waals surface area (Å²) in [4.78, 5) is 24.2. The van der Waals surface area contributed by atoms with E-state index in [4.69, 9.17) is 21.1 Å². The summed E-state index contributed by atoms with van der Waals surface area (Å²) in [6.45, 7) is 1.44. The van der Waals surface area contributed by atoms with E-state index in [1.54, 1.807) is 13.0 Å². The van der Waals surface area contributed by atoms with Crippen molar-refractivity contribution in [3.05, 3.63) is 58.6 Å². The van der Waals surface area contributed by atoms with E-state index in [0.717, 1.165) is 0 Å². The number of hydrogen-bond donors (Lipinski definition) is 1. The number of ether oxygens (including phenoxy) is 2. The Balaban J connectivity index is 2.01. The van der Waals surface area contributed by atoms with E-state index < -0.39 is 28.4 Å². The smallest absolute Gasteiger partial charge is 0.338 e. The number of methoxy groups -OCH3 is 1. The third kappa shape index (κ3) is 5.29. The van der Waals surface area contributed by atoms with Crippen LogP contribution >= 0.6 is 11.6 Å². The quantitative estimate of drug-likeness (QED) is 0.529. The summed E-state index contributed by atoms with van der Waals surface area (Å²) in [7, 11) is -2.15. The molecule has 0 saturated carbocycles. The van der Waals surface area contributed by atoms with Crippen LogP contribution in [0.25, 0.3) is 0 Å². The molecule has 27 heavy (non-hydrogen) atoms. The van der Waals surface area contributed by atoms with Crippen molar-refractivity contribution < 1.29 is 27.5 Å². The number of nitrogens with one attached hydrogen (secondary N) is 1. The predicted octanol–water partition coefficient (Wildman–Crippen LogP) is 2.69. The molecule has 0 bridgehead atoms. The van der Waals surface area contributed by atoms with Gasteiger partial charge in [0.05, 0.1) is 22.6 Å². The molecule has 7 nitrogen and oxygen atoms in total. The van der Waals surface area contributed by atoms with Crippen LogP contribution in [-0.4, -0.2) is 40.4 Å². The molecule has 2 aromatic carbocycles. The summed E-state index contributed by atoms with van der Waals surface area (Å²) in [6.07, 6.45) is 0. The van der Waals surface area contributed by atoms with Gasteiger partial charge in [-0.05, 0) is 42.5 Å². The number of esters is 1. The Labute approximate surface area is 162 Å². The minimum absolute atomic E-state index is 0.0323. The second-order valence-electron chi connectivity index (χ2n) is 5.37. The van der Waals surface area contributed by atoms with Gasteiger partial charge in [-0.3, -0.25) is 4.79 Å². The van der Waals surface area contributed by atoms with Gasteiger partial charge in [-0.2, -0.15) is 0 Å². The molecule has 0 spiro atoms. The van der Waals surface area contributed by atoms with Crippen molar-refractivity contribution in [2.75, 3.05) is 20.3 Å². The lowest BCUT2D eigenvalue weighted by Crippen LogP contribution is -2.23. The molecular weight excluding hydrogens is 394 g/mol. The number of carbonyl (C=O) groups is 2. The van der Waals surface area contributed by atoms with E-state index in [1.165, 1.54) is 43.5 Å². The van der Waals surface area contributed by atoms with E-state index >= 15 is 0 Å². The SMILES string of the molecule is CCNS(=O)(=O)c1ccc(C(=O)OCC(=O)c2ccc(OC)c(Cl)c2)cc1. The molecule has 0 aliphatic heterocycles. The van der Waals surface area contributed by atoms with Crippen molar-refractivity contribution >= 4 is 33.4 Å². The lowest BCUT2D eigenvalue weighted by atomic mass is 10.1. The van der Waals surface area contributed by atoms with Crippen LogP contribution in [0.1, 0.15) is 27.6 Å². The predicted molar refractivity (Wildman–Crippen MR) is 99.9 cm³/mol. The fourth-order valence-corrected chi connectivity index (χ4v) is 3.48. The van der Waals surface area contributed by atoms with Crippen molar-refractivity contribution in [1.82, 2.24) is 4.72 Å². The molecule has 0 aromatic heterocycles. The fourth-order valence-electron chi connectivity index (χ4n) is 2.18. The summed E-state index contributed by atoms with van der Waals surface area (Å²) in [5, 5.41) is 0.271. The number of rotatable bonds is 8. The lowest BCUT2D eigenvalue weighted by Gasteiger charge is -2.08. The number of hydrogen-bond acceptors (Lipinski definition) is 6. The number of carbonyl (C=O) groups excluding carboxylic acids is 2. The minimum atomic E-state index is -3.60. The molecule has 0 aliphatic carbocycles. The van der Waals surface area contributed by atoms with Gasteiger partial charge < -0.3 is 9.47 Å². The van der Waals surface area contributed by atoms with Gasteiger partial charge in [0.1, 0.15) is 5.75 Å². The second kappa shape index (κ2) is 8.98. The summed E-state index contributed by atoms with van der Waals surface area (Å²) >= 11 is 5.97. The number of sulfonamides is 1. The highest BCUT2D eigenvalue weighted by atomic mass is 35.5. The Morgan fingerprint density at radius 2 is 1.70 bits per heavy atom. The van der Waals surface area contributed by atoms with E-state index in [-0.39, 0.29) is 27.6 Å². The van der Waals surface area contributed by atoms with Crippen LogP contribution in [0.5, 0.6) is 5.75 Å². The molecule has 0 atom stereocenters. The molecular formula is C18H18ClNO6S. The van der Waals surface area contributed by atoms with Gasteiger partial charge in [0.2, 0.25) is 10.0 Å². The van der Waals surface area contributed by atoms with Crippen LogP contribution in [-0.2, 0) is 14.8 Å². The van der Waals surface area contributed by atoms with E-state index in [2.05, 4.69) is 4.72 Å². The zero-order valence-corrected chi connectivity index (χ0v) is 16.3. The van der Waals surface area contributed by atoms with Gasteiger partial charge in [-0.15, -0.1) is 0 Å². The Morgan fingerprint density at radius 1 is 1.07 bits per heavy atom. The van der Waals surface area contributed by atoms with Gasteiger partial charge in [-0.25, -0.2) is 17.9 Å². The third-order valence-corrected chi connectivity index (χ3v) is 5.40. The summed E-state index contributed by atoms with van der Waals surface area (Å²) in [6, 6.07) is 9.71. The number of halogens is 1. The third-order valence-electron chi connectivity index (χ3n) is 3.54. The van der Waals surface area contributed by atoms with Gasteiger partial charge in [-0.1, -0.05) is 18.5 Å². The Hall–Kier alpha value is -2.42. The summed E-state index contributed by atoms with van der Waals surface area (Å²) in [5.74, 6) is -0.743. The largest absolute Gasteiger partial charge is 0.495 e. The zero-order valence-electron chi connectivity index (χ0n) is 14.7. The molecule has 2 aromatic rings. The van der Waals surface area contributed by atoms with Gasteiger partial charge in [0.25, 0.3) is 0 Å². The molecule has 0 aliphatic rings. The van der Waals surface area contributed by atoms with Gasteiger partial charge >= 0.3 is 5.97 Å². The normalized spacial score (nSPS) is 11.1. The van der Waals surface area contributed by atoms with Crippen LogP contribution in [0, 0.1) is 0 Å². The first kappa shape index (κ1) is 20.9. The molecule has 9 heteroatoms. The van der Waals surface area contributed by atoms with Crippen LogP contribution in [0.4, 0.5) is 0 Å². The van der Waals surface area contributed by atoms with Crippen molar-refractivity contribution in [2.45, 2.75) is 11.8 Å². The molecule has 0 heterocycles. The average Bonchev–Trinajstić information content (AvgIpc) is 2.65. The Bertz CT molecular complexity index is 941. The van der Waals surface area contributed by atoms with Crippen molar-refractivity contribution in [1.29, 1.82) is 0 Å². The van der Waals surface area contributed by atoms with Crippen LogP contribution < -0.4 is 9.46 Å². The van der Waals surface area contributed by atoms with Crippen molar-refractivity contribution in [2.24, 2.45) is 0 Å². The van der Waals surface area contributed by atoms with Gasteiger partial charge in [0.15, 0.2) is 12.4 Å². The first-order valence-corrected chi connectivity index (χ1v) is 9.78. The minimum Gasteiger partial charge on any atom is -0.495 e. The van der Waals surface area contributed by atoms with E-state index in [1.807, 2.05) is 0 Å². The van der Waals surface area contributed by atoms with Crippen molar-refractivity contribution in [3.8, 4) is 5.75 Å². The van der Waals surface area contributed by atoms with Crippen LogP contribution in [0.3, 0.4) is 0 Å². The molecule has 1 N–H and O–H groups in total. The molecule has 144 valence electrons. The number of ketones is 1. The molecule has 0 amide bonds. The Morgan fingerprint density at radius 3 is 2.26 bits per heavy atom. The first-order valence-electron chi connectivity index (χ1n) is 7.92. The summed E-state index contributed by atoms with van der Waals surface area (Å²) < 4.78 is 36.1. The molecule has 0 unspecified atom stereocenters. The number of Topliss-reactive ketones (excluding diaryl/α,β-unsaturated/α-hetero) is 1. The van der Waals surface area contributed by atoms with E-state index in [0.29, 0.717) is 5.75 Å². The fraction of sp³-hybridized carbons (Fsp3) is 0.222. The van der Waals surface area contributed by atoms with Gasteiger partial charge in [0, 0.05) is 12.1 Å². The maximum absolute atomic E-state index is 12.1.